The van der Waals surface area contributed by atoms with Crippen molar-refractivity contribution in [3.05, 3.63) is 101 Å². The summed E-state index contributed by atoms with van der Waals surface area (Å²) in [5.41, 5.74) is 1.01. The molecule has 0 bridgehead atoms. The van der Waals surface area contributed by atoms with E-state index in [1.54, 1.807) is 38.1 Å². The minimum atomic E-state index is -4.71. The quantitative estimate of drug-likeness (QED) is 0.343. The molecule has 1 N–H and O–H groups in total. The average Bonchev–Trinajstić information content (AvgIpc) is 2.89. The fourth-order valence-electron chi connectivity index (χ4n) is 4.36. The maximum absolute atomic E-state index is 14.0. The molecule has 3 rings (SSSR count). The summed E-state index contributed by atoms with van der Waals surface area (Å²) >= 11 is 0. The molecule has 0 aliphatic rings. The van der Waals surface area contributed by atoms with Crippen LogP contribution in [0.4, 0.5) is 18.9 Å². The Morgan fingerprint density at radius 1 is 0.927 bits per heavy atom. The Balaban J connectivity index is 2.09. The fraction of sp³-hybridized carbons (Fsp3) is 0.333. The van der Waals surface area contributed by atoms with Gasteiger partial charge in [0.1, 0.15) is 12.6 Å². The molecule has 3 aromatic carbocycles. The molecule has 0 fully saturated rings. The zero-order valence-corrected chi connectivity index (χ0v) is 24.2. The number of sulfonamides is 1. The summed E-state index contributed by atoms with van der Waals surface area (Å²) in [6.07, 6.45) is -3.76. The van der Waals surface area contributed by atoms with Gasteiger partial charge in [-0.15, -0.1) is 0 Å². The molecular weight excluding hydrogens is 555 g/mol. The first kappa shape index (κ1) is 31.7. The number of carbonyl (C=O) groups excluding carboxylic acids is 2. The monoisotopic (exact) mass is 589 g/mol. The first-order valence-corrected chi connectivity index (χ1v) is 14.8. The third-order valence-electron chi connectivity index (χ3n) is 6.44. The van der Waals surface area contributed by atoms with E-state index >= 15 is 0 Å². The predicted octanol–water partition coefficient (Wildman–Crippen LogP) is 4.94. The lowest BCUT2D eigenvalue weighted by Crippen LogP contribution is -2.54. The summed E-state index contributed by atoms with van der Waals surface area (Å²) in [7, 11) is -4.20. The SMILES string of the molecule is Cc1ccccc1CN(C(=O)CN(c1cccc(C(F)(F)F)c1)S(C)(=O)=O)[C@@H](Cc1ccccc1)C(=O)NC(C)C. The fourth-order valence-corrected chi connectivity index (χ4v) is 5.20. The van der Waals surface area contributed by atoms with E-state index in [4.69, 9.17) is 0 Å². The van der Waals surface area contributed by atoms with E-state index in [0.29, 0.717) is 10.4 Å². The zero-order valence-electron chi connectivity index (χ0n) is 23.4. The molecule has 0 radical (unpaired) electrons. The van der Waals surface area contributed by atoms with Crippen molar-refractivity contribution in [1.82, 2.24) is 10.2 Å². The second-order valence-electron chi connectivity index (χ2n) is 10.1. The molecule has 3 aromatic rings. The molecular formula is C30H34F3N3O4S. The Morgan fingerprint density at radius 2 is 1.56 bits per heavy atom. The number of nitrogens with one attached hydrogen (secondary N) is 1. The third kappa shape index (κ3) is 8.81. The second-order valence-corrected chi connectivity index (χ2v) is 12.0. The van der Waals surface area contributed by atoms with Gasteiger partial charge >= 0.3 is 6.18 Å². The lowest BCUT2D eigenvalue weighted by Gasteiger charge is -2.34. The van der Waals surface area contributed by atoms with Gasteiger partial charge in [-0.05, 0) is 55.7 Å². The van der Waals surface area contributed by atoms with Crippen molar-refractivity contribution in [2.75, 3.05) is 17.1 Å². The summed E-state index contributed by atoms with van der Waals surface area (Å²) in [5, 5.41) is 2.85. The Kier molecular flexibility index (Phi) is 10.2. The first-order chi connectivity index (χ1) is 19.2. The van der Waals surface area contributed by atoms with Crippen LogP contribution in [0.1, 0.15) is 36.1 Å². The van der Waals surface area contributed by atoms with Crippen molar-refractivity contribution >= 4 is 27.5 Å². The molecule has 41 heavy (non-hydrogen) atoms. The predicted molar refractivity (Wildman–Crippen MR) is 153 cm³/mol. The number of aryl methyl sites for hydroxylation is 1. The second kappa shape index (κ2) is 13.2. The van der Waals surface area contributed by atoms with Crippen LogP contribution < -0.4 is 9.62 Å². The highest BCUT2D eigenvalue weighted by Crippen LogP contribution is 2.32. The number of halogens is 3. The normalized spacial score (nSPS) is 12.6. The molecule has 11 heteroatoms. The number of anilines is 1. The molecule has 0 saturated heterocycles. The van der Waals surface area contributed by atoms with E-state index in [9.17, 15) is 31.2 Å². The molecule has 1 atom stereocenters. The van der Waals surface area contributed by atoms with E-state index in [-0.39, 0.29) is 24.7 Å². The van der Waals surface area contributed by atoms with Gasteiger partial charge in [0.25, 0.3) is 0 Å². The highest BCUT2D eigenvalue weighted by Gasteiger charge is 2.35. The first-order valence-electron chi connectivity index (χ1n) is 13.0. The molecule has 2 amide bonds. The van der Waals surface area contributed by atoms with Crippen LogP contribution >= 0.6 is 0 Å². The van der Waals surface area contributed by atoms with Gasteiger partial charge in [0.15, 0.2) is 0 Å². The highest BCUT2D eigenvalue weighted by molar-refractivity contribution is 7.92. The number of alkyl halides is 3. The van der Waals surface area contributed by atoms with E-state index < -0.39 is 46.2 Å². The van der Waals surface area contributed by atoms with Gasteiger partial charge in [-0.2, -0.15) is 13.2 Å². The molecule has 0 aliphatic heterocycles. The summed E-state index contributed by atoms with van der Waals surface area (Å²) in [6.45, 7) is 4.60. The molecule has 0 aliphatic carbocycles. The van der Waals surface area contributed by atoms with Crippen molar-refractivity contribution in [3.63, 3.8) is 0 Å². The lowest BCUT2D eigenvalue weighted by molar-refractivity contribution is -0.140. The van der Waals surface area contributed by atoms with Crippen LogP contribution in [0.15, 0.2) is 78.9 Å². The van der Waals surface area contributed by atoms with Gasteiger partial charge in [-0.25, -0.2) is 8.42 Å². The van der Waals surface area contributed by atoms with Crippen LogP contribution in [0.5, 0.6) is 0 Å². The molecule has 7 nitrogen and oxygen atoms in total. The van der Waals surface area contributed by atoms with E-state index in [2.05, 4.69) is 5.32 Å². The molecule has 0 saturated carbocycles. The minimum Gasteiger partial charge on any atom is -0.352 e. The van der Waals surface area contributed by atoms with E-state index in [0.717, 1.165) is 35.1 Å². The number of amides is 2. The number of hydrogen-bond acceptors (Lipinski definition) is 4. The molecule has 0 heterocycles. The largest absolute Gasteiger partial charge is 0.416 e. The topological polar surface area (TPSA) is 86.8 Å². The van der Waals surface area contributed by atoms with Crippen molar-refractivity contribution in [1.29, 1.82) is 0 Å². The number of carbonyl (C=O) groups is 2. The van der Waals surface area contributed by atoms with Crippen molar-refractivity contribution in [2.45, 2.75) is 52.0 Å². The number of nitrogens with zero attached hydrogens (tertiary/aromatic N) is 2. The van der Waals surface area contributed by atoms with Crippen molar-refractivity contribution in [3.8, 4) is 0 Å². The van der Waals surface area contributed by atoms with Gasteiger partial charge in [0.05, 0.1) is 17.5 Å². The van der Waals surface area contributed by atoms with Crippen LogP contribution in [0.2, 0.25) is 0 Å². The van der Waals surface area contributed by atoms with Crippen LogP contribution in [-0.4, -0.2) is 50.0 Å². The molecule has 0 spiro atoms. The number of hydrogen-bond donors (Lipinski definition) is 1. The maximum atomic E-state index is 14.0. The smallest absolute Gasteiger partial charge is 0.352 e. The van der Waals surface area contributed by atoms with Crippen LogP contribution in [0.25, 0.3) is 0 Å². The van der Waals surface area contributed by atoms with E-state index in [1.165, 1.54) is 11.0 Å². The van der Waals surface area contributed by atoms with Gasteiger partial charge in [-0.1, -0.05) is 60.7 Å². The lowest BCUT2D eigenvalue weighted by atomic mass is 10.0. The summed E-state index contributed by atoms with van der Waals surface area (Å²) in [6, 6.07) is 18.9. The Bertz CT molecular complexity index is 1460. The molecule has 0 aromatic heterocycles. The van der Waals surface area contributed by atoms with Crippen LogP contribution in [0, 0.1) is 6.92 Å². The summed E-state index contributed by atoms with van der Waals surface area (Å²) in [4.78, 5) is 28.8. The highest BCUT2D eigenvalue weighted by atomic mass is 32.2. The summed E-state index contributed by atoms with van der Waals surface area (Å²) in [5.74, 6) is -1.17. The summed E-state index contributed by atoms with van der Waals surface area (Å²) < 4.78 is 66.5. The number of benzene rings is 3. The maximum Gasteiger partial charge on any atom is 0.416 e. The Morgan fingerprint density at radius 3 is 2.15 bits per heavy atom. The van der Waals surface area contributed by atoms with Gasteiger partial charge in [-0.3, -0.25) is 13.9 Å². The number of rotatable bonds is 11. The van der Waals surface area contributed by atoms with Gasteiger partial charge in [0, 0.05) is 19.0 Å². The standard InChI is InChI=1S/C30H34F3N3O4S/c1-21(2)34-29(38)27(17-23-12-6-5-7-13-23)35(19-24-14-9-8-11-22(24)3)28(37)20-36(41(4,39)40)26-16-10-15-25(18-26)30(31,32)33/h5-16,18,21,27H,17,19-20H2,1-4H3,(H,34,38)/t27-/m0/s1. The third-order valence-corrected chi connectivity index (χ3v) is 7.59. The average molecular weight is 590 g/mol. The van der Waals surface area contributed by atoms with Gasteiger partial charge < -0.3 is 10.2 Å². The van der Waals surface area contributed by atoms with Crippen molar-refractivity contribution < 1.29 is 31.2 Å². The Labute approximate surface area is 239 Å². The minimum absolute atomic E-state index is 0.0191. The van der Waals surface area contributed by atoms with Crippen molar-refractivity contribution in [2.24, 2.45) is 0 Å². The van der Waals surface area contributed by atoms with E-state index in [1.807, 2.05) is 37.3 Å². The molecule has 0 unspecified atom stereocenters. The molecule has 220 valence electrons. The van der Waals surface area contributed by atoms with Crippen LogP contribution in [-0.2, 0) is 38.8 Å². The Hall–Kier alpha value is -3.86. The van der Waals surface area contributed by atoms with Gasteiger partial charge in [0.2, 0.25) is 21.8 Å². The zero-order chi connectivity index (χ0) is 30.4. The van der Waals surface area contributed by atoms with Crippen LogP contribution in [0.3, 0.4) is 0 Å².